The second-order valence-electron chi connectivity index (χ2n) is 4.62. The Balaban J connectivity index is 2.19. The Morgan fingerprint density at radius 1 is 1.33 bits per heavy atom. The van der Waals surface area contributed by atoms with Crippen molar-refractivity contribution in [1.82, 2.24) is 5.32 Å². The molecule has 1 atom stereocenters. The van der Waals surface area contributed by atoms with Crippen LogP contribution in [0, 0.1) is 5.92 Å². The highest BCUT2D eigenvalue weighted by Gasteiger charge is 2.04. The number of carbonyl (C=O) groups excluding carboxylic acids is 1. The first-order valence-electron chi connectivity index (χ1n) is 6.27. The van der Waals surface area contributed by atoms with E-state index in [1.54, 1.807) is 24.3 Å². The van der Waals surface area contributed by atoms with E-state index in [1.807, 2.05) is 6.92 Å². The van der Waals surface area contributed by atoms with Crippen LogP contribution in [0.1, 0.15) is 25.3 Å². The summed E-state index contributed by atoms with van der Waals surface area (Å²) < 4.78 is 0. The van der Waals surface area contributed by atoms with Gasteiger partial charge in [-0.25, -0.2) is 0 Å². The minimum absolute atomic E-state index is 0.0164. The van der Waals surface area contributed by atoms with Gasteiger partial charge in [0.15, 0.2) is 0 Å². The van der Waals surface area contributed by atoms with Crippen LogP contribution in [-0.4, -0.2) is 29.3 Å². The first kappa shape index (κ1) is 14.5. The largest absolute Gasteiger partial charge is 0.508 e. The quantitative estimate of drug-likeness (QED) is 0.643. The summed E-state index contributed by atoms with van der Waals surface area (Å²) in [6.45, 7) is 2.82. The van der Waals surface area contributed by atoms with Crippen LogP contribution < -0.4 is 5.32 Å². The number of aromatic hydroxyl groups is 1. The summed E-state index contributed by atoms with van der Waals surface area (Å²) in [5.74, 6) is 0.480. The van der Waals surface area contributed by atoms with Crippen molar-refractivity contribution in [2.75, 3.05) is 13.2 Å². The van der Waals surface area contributed by atoms with Gasteiger partial charge in [-0.05, 0) is 36.5 Å². The van der Waals surface area contributed by atoms with Crippen molar-refractivity contribution in [3.63, 3.8) is 0 Å². The molecule has 100 valence electrons. The molecule has 1 aromatic rings. The SMILES string of the molecule is CC(CO)CCCNC(=O)Cc1ccc(O)cc1. The van der Waals surface area contributed by atoms with Gasteiger partial charge in [-0.2, -0.15) is 0 Å². The van der Waals surface area contributed by atoms with E-state index < -0.39 is 0 Å². The van der Waals surface area contributed by atoms with Crippen LogP contribution in [0.2, 0.25) is 0 Å². The third-order valence-electron chi connectivity index (χ3n) is 2.81. The summed E-state index contributed by atoms with van der Waals surface area (Å²) >= 11 is 0. The van der Waals surface area contributed by atoms with Crippen LogP contribution in [0.5, 0.6) is 5.75 Å². The van der Waals surface area contributed by atoms with Crippen LogP contribution in [-0.2, 0) is 11.2 Å². The molecule has 0 saturated heterocycles. The molecule has 0 bridgehead atoms. The van der Waals surface area contributed by atoms with Crippen molar-refractivity contribution in [2.24, 2.45) is 5.92 Å². The predicted octanol–water partition coefficient (Wildman–Crippen LogP) is 1.46. The molecule has 18 heavy (non-hydrogen) atoms. The number of phenols is 1. The van der Waals surface area contributed by atoms with Crippen molar-refractivity contribution in [2.45, 2.75) is 26.2 Å². The van der Waals surface area contributed by atoms with E-state index in [0.29, 0.717) is 18.9 Å². The van der Waals surface area contributed by atoms with Crippen LogP contribution in [0.3, 0.4) is 0 Å². The number of amides is 1. The van der Waals surface area contributed by atoms with Crippen molar-refractivity contribution < 1.29 is 15.0 Å². The highest BCUT2D eigenvalue weighted by Crippen LogP contribution is 2.10. The maximum atomic E-state index is 11.6. The molecule has 1 unspecified atom stereocenters. The number of nitrogens with one attached hydrogen (secondary N) is 1. The molecule has 0 fully saturated rings. The lowest BCUT2D eigenvalue weighted by atomic mass is 10.1. The summed E-state index contributed by atoms with van der Waals surface area (Å²) in [5.41, 5.74) is 0.883. The van der Waals surface area contributed by atoms with E-state index in [1.165, 1.54) is 0 Å². The monoisotopic (exact) mass is 251 g/mol. The Morgan fingerprint density at radius 3 is 2.61 bits per heavy atom. The van der Waals surface area contributed by atoms with E-state index >= 15 is 0 Å². The minimum atomic E-state index is -0.0164. The molecule has 0 aliphatic rings. The average molecular weight is 251 g/mol. The lowest BCUT2D eigenvalue weighted by molar-refractivity contribution is -0.120. The van der Waals surface area contributed by atoms with Gasteiger partial charge in [0.05, 0.1) is 6.42 Å². The van der Waals surface area contributed by atoms with Crippen LogP contribution in [0.25, 0.3) is 0 Å². The Labute approximate surface area is 108 Å². The van der Waals surface area contributed by atoms with Gasteiger partial charge in [0.2, 0.25) is 5.91 Å². The minimum Gasteiger partial charge on any atom is -0.508 e. The molecule has 3 N–H and O–H groups in total. The normalized spacial score (nSPS) is 12.1. The first-order chi connectivity index (χ1) is 8.61. The topological polar surface area (TPSA) is 69.6 Å². The fourth-order valence-electron chi connectivity index (χ4n) is 1.63. The fourth-order valence-corrected chi connectivity index (χ4v) is 1.63. The maximum absolute atomic E-state index is 11.6. The average Bonchev–Trinajstić information content (AvgIpc) is 2.37. The molecule has 1 amide bonds. The second kappa shape index (κ2) is 7.71. The molecule has 4 heteroatoms. The molecule has 0 saturated carbocycles. The summed E-state index contributed by atoms with van der Waals surface area (Å²) in [7, 11) is 0. The van der Waals surface area contributed by atoms with E-state index in [9.17, 15) is 4.79 Å². The molecule has 0 aromatic heterocycles. The van der Waals surface area contributed by atoms with Gasteiger partial charge in [0.1, 0.15) is 5.75 Å². The van der Waals surface area contributed by atoms with Gasteiger partial charge in [-0.1, -0.05) is 19.1 Å². The first-order valence-corrected chi connectivity index (χ1v) is 6.27. The van der Waals surface area contributed by atoms with Gasteiger partial charge in [0, 0.05) is 13.2 Å². The van der Waals surface area contributed by atoms with Crippen LogP contribution in [0.15, 0.2) is 24.3 Å². The zero-order chi connectivity index (χ0) is 13.4. The van der Waals surface area contributed by atoms with Crippen LogP contribution >= 0.6 is 0 Å². The molecular formula is C14H21NO3. The van der Waals surface area contributed by atoms with Gasteiger partial charge in [-0.15, -0.1) is 0 Å². The fraction of sp³-hybridized carbons (Fsp3) is 0.500. The Bertz CT molecular complexity index is 362. The number of phenolic OH excluding ortho intramolecular Hbond substituents is 1. The number of aliphatic hydroxyl groups is 1. The van der Waals surface area contributed by atoms with E-state index in [4.69, 9.17) is 10.2 Å². The summed E-state index contributed by atoms with van der Waals surface area (Å²) in [6.07, 6.45) is 2.12. The summed E-state index contributed by atoms with van der Waals surface area (Å²) in [4.78, 5) is 11.6. The number of aliphatic hydroxyl groups excluding tert-OH is 1. The van der Waals surface area contributed by atoms with Gasteiger partial charge >= 0.3 is 0 Å². The number of rotatable bonds is 7. The van der Waals surface area contributed by atoms with E-state index in [0.717, 1.165) is 18.4 Å². The van der Waals surface area contributed by atoms with Crippen molar-refractivity contribution in [1.29, 1.82) is 0 Å². The third-order valence-corrected chi connectivity index (χ3v) is 2.81. The molecule has 4 nitrogen and oxygen atoms in total. The Morgan fingerprint density at radius 2 is 2.00 bits per heavy atom. The third kappa shape index (κ3) is 5.68. The number of hydrogen-bond acceptors (Lipinski definition) is 3. The van der Waals surface area contributed by atoms with E-state index in [2.05, 4.69) is 5.32 Å². The zero-order valence-electron chi connectivity index (χ0n) is 10.7. The maximum Gasteiger partial charge on any atom is 0.224 e. The van der Waals surface area contributed by atoms with Crippen molar-refractivity contribution in [3.05, 3.63) is 29.8 Å². The van der Waals surface area contributed by atoms with Crippen molar-refractivity contribution >= 4 is 5.91 Å². The molecule has 0 radical (unpaired) electrons. The predicted molar refractivity (Wildman–Crippen MR) is 70.3 cm³/mol. The Hall–Kier alpha value is -1.55. The summed E-state index contributed by atoms with van der Waals surface area (Å²) in [6, 6.07) is 6.63. The highest BCUT2D eigenvalue weighted by molar-refractivity contribution is 5.78. The molecular weight excluding hydrogens is 230 g/mol. The van der Waals surface area contributed by atoms with Crippen LogP contribution in [0.4, 0.5) is 0 Å². The number of carbonyl (C=O) groups is 1. The zero-order valence-corrected chi connectivity index (χ0v) is 10.7. The number of benzene rings is 1. The summed E-state index contributed by atoms with van der Waals surface area (Å²) in [5, 5.41) is 20.8. The number of hydrogen-bond donors (Lipinski definition) is 3. The smallest absolute Gasteiger partial charge is 0.224 e. The molecule has 0 aliphatic heterocycles. The molecule has 0 spiro atoms. The highest BCUT2D eigenvalue weighted by atomic mass is 16.3. The molecule has 1 rings (SSSR count). The lowest BCUT2D eigenvalue weighted by Gasteiger charge is -2.08. The van der Waals surface area contributed by atoms with Gasteiger partial charge in [-0.3, -0.25) is 4.79 Å². The lowest BCUT2D eigenvalue weighted by Crippen LogP contribution is -2.26. The molecule has 1 aromatic carbocycles. The Kier molecular flexibility index (Phi) is 6.22. The molecule has 0 heterocycles. The van der Waals surface area contributed by atoms with Gasteiger partial charge in [0.25, 0.3) is 0 Å². The van der Waals surface area contributed by atoms with E-state index in [-0.39, 0.29) is 18.3 Å². The second-order valence-corrected chi connectivity index (χ2v) is 4.62. The van der Waals surface area contributed by atoms with Crippen molar-refractivity contribution in [3.8, 4) is 5.75 Å². The standard InChI is InChI=1S/C14H21NO3/c1-11(10-16)3-2-8-15-14(18)9-12-4-6-13(17)7-5-12/h4-7,11,16-17H,2-3,8-10H2,1H3,(H,15,18). The molecule has 0 aliphatic carbocycles. The van der Waals surface area contributed by atoms with Gasteiger partial charge < -0.3 is 15.5 Å².